The summed E-state index contributed by atoms with van der Waals surface area (Å²) in [5.41, 5.74) is 5.16. The molecule has 0 saturated heterocycles. The van der Waals surface area contributed by atoms with Gasteiger partial charge in [-0.05, 0) is 39.0 Å². The number of nitrogens with zero attached hydrogens (tertiary/aromatic N) is 1. The molecule has 1 aromatic carbocycles. The zero-order chi connectivity index (χ0) is 16.5. The van der Waals surface area contributed by atoms with Crippen molar-refractivity contribution in [1.29, 1.82) is 0 Å². The number of carbonyl (C=O) groups is 1. The molecule has 4 N–H and O–H groups in total. The van der Waals surface area contributed by atoms with Gasteiger partial charge in [0.1, 0.15) is 0 Å². The summed E-state index contributed by atoms with van der Waals surface area (Å²) in [6, 6.07) is 4.60. The first-order valence-corrected chi connectivity index (χ1v) is 7.07. The minimum absolute atomic E-state index is 0.290. The summed E-state index contributed by atoms with van der Waals surface area (Å²) in [5, 5.41) is 3.09. The average molecular weight is 304 g/mol. The van der Waals surface area contributed by atoms with E-state index >= 15 is 0 Å². The van der Waals surface area contributed by atoms with Gasteiger partial charge in [-0.1, -0.05) is 0 Å². The van der Waals surface area contributed by atoms with Crippen molar-refractivity contribution >= 4 is 16.8 Å². The zero-order valence-corrected chi connectivity index (χ0v) is 12.9. The van der Waals surface area contributed by atoms with Crippen molar-refractivity contribution in [3.05, 3.63) is 44.6 Å². The van der Waals surface area contributed by atoms with E-state index in [4.69, 9.17) is 5.73 Å². The normalized spacial score (nSPS) is 11.6. The van der Waals surface area contributed by atoms with E-state index in [-0.39, 0.29) is 18.0 Å². The SMILES string of the molecule is CCn1c(=O)[nH]c2cc(C(=O)NCC(C)(C)N)ccc2c1=O. The number of fused-ring (bicyclic) bond motifs is 1. The molecular formula is C15H20N4O3. The highest BCUT2D eigenvalue weighted by Gasteiger charge is 2.14. The minimum Gasteiger partial charge on any atom is -0.350 e. The first kappa shape index (κ1) is 16.0. The fourth-order valence-electron chi connectivity index (χ4n) is 2.09. The van der Waals surface area contributed by atoms with E-state index in [1.165, 1.54) is 6.07 Å². The lowest BCUT2D eigenvalue weighted by atomic mass is 10.1. The third kappa shape index (κ3) is 3.25. The predicted molar refractivity (Wildman–Crippen MR) is 85.1 cm³/mol. The van der Waals surface area contributed by atoms with E-state index in [1.54, 1.807) is 32.9 Å². The third-order valence-corrected chi connectivity index (χ3v) is 3.26. The van der Waals surface area contributed by atoms with E-state index in [0.29, 0.717) is 23.0 Å². The quantitative estimate of drug-likeness (QED) is 0.748. The van der Waals surface area contributed by atoms with Crippen molar-refractivity contribution in [1.82, 2.24) is 14.9 Å². The van der Waals surface area contributed by atoms with Crippen LogP contribution in [0.1, 0.15) is 31.1 Å². The summed E-state index contributed by atoms with van der Waals surface area (Å²) in [6.45, 7) is 5.94. The van der Waals surface area contributed by atoms with E-state index in [0.717, 1.165) is 4.57 Å². The van der Waals surface area contributed by atoms with Gasteiger partial charge in [0.05, 0.1) is 10.9 Å². The number of rotatable bonds is 4. The Kier molecular flexibility index (Phi) is 4.18. The van der Waals surface area contributed by atoms with Gasteiger partial charge in [-0.2, -0.15) is 0 Å². The fourth-order valence-corrected chi connectivity index (χ4v) is 2.09. The highest BCUT2D eigenvalue weighted by molar-refractivity contribution is 5.97. The molecule has 0 unspecified atom stereocenters. The Bertz CT molecular complexity index is 827. The first-order valence-electron chi connectivity index (χ1n) is 7.07. The van der Waals surface area contributed by atoms with Crippen LogP contribution in [0.4, 0.5) is 0 Å². The van der Waals surface area contributed by atoms with Crippen LogP contribution in [0.3, 0.4) is 0 Å². The van der Waals surface area contributed by atoms with Crippen molar-refractivity contribution in [3.63, 3.8) is 0 Å². The number of aromatic nitrogens is 2. The number of hydrogen-bond donors (Lipinski definition) is 3. The fraction of sp³-hybridized carbons (Fsp3) is 0.400. The lowest BCUT2D eigenvalue weighted by molar-refractivity contribution is 0.0946. The highest BCUT2D eigenvalue weighted by Crippen LogP contribution is 2.09. The molecule has 1 heterocycles. The Hall–Kier alpha value is -2.41. The van der Waals surface area contributed by atoms with E-state index in [1.807, 2.05) is 0 Å². The second-order valence-corrected chi connectivity index (χ2v) is 5.91. The van der Waals surface area contributed by atoms with Crippen molar-refractivity contribution < 1.29 is 4.79 Å². The molecule has 7 nitrogen and oxygen atoms in total. The molecule has 0 radical (unpaired) electrons. The molecule has 1 amide bonds. The smallest absolute Gasteiger partial charge is 0.328 e. The summed E-state index contributed by atoms with van der Waals surface area (Å²) in [7, 11) is 0. The Labute approximate surface area is 127 Å². The van der Waals surface area contributed by atoms with Crippen LogP contribution in [-0.4, -0.2) is 27.5 Å². The molecule has 0 saturated carbocycles. The molecule has 2 rings (SSSR count). The minimum atomic E-state index is -0.518. The first-order chi connectivity index (χ1) is 10.2. The molecule has 22 heavy (non-hydrogen) atoms. The summed E-state index contributed by atoms with van der Waals surface area (Å²) in [4.78, 5) is 38.7. The molecule has 0 aliphatic carbocycles. The van der Waals surface area contributed by atoms with E-state index in [9.17, 15) is 14.4 Å². The second kappa shape index (κ2) is 5.76. The van der Waals surface area contributed by atoms with Gasteiger partial charge in [0.2, 0.25) is 0 Å². The molecule has 0 spiro atoms. The Morgan fingerprint density at radius 3 is 2.64 bits per heavy atom. The molecule has 0 bridgehead atoms. The van der Waals surface area contributed by atoms with Crippen molar-refractivity contribution in [3.8, 4) is 0 Å². The molecule has 0 aliphatic heterocycles. The average Bonchev–Trinajstić information content (AvgIpc) is 2.43. The lowest BCUT2D eigenvalue weighted by Crippen LogP contribution is -2.45. The maximum atomic E-state index is 12.1. The number of nitrogens with one attached hydrogen (secondary N) is 2. The van der Waals surface area contributed by atoms with Crippen molar-refractivity contribution in [2.45, 2.75) is 32.9 Å². The van der Waals surface area contributed by atoms with Gasteiger partial charge in [-0.15, -0.1) is 0 Å². The summed E-state index contributed by atoms with van der Waals surface area (Å²) in [5.74, 6) is -0.305. The molecule has 1 aromatic heterocycles. The number of benzene rings is 1. The van der Waals surface area contributed by atoms with Crippen LogP contribution >= 0.6 is 0 Å². The van der Waals surface area contributed by atoms with Gasteiger partial charge in [-0.25, -0.2) is 4.79 Å². The topological polar surface area (TPSA) is 110 Å². The highest BCUT2D eigenvalue weighted by atomic mass is 16.2. The Balaban J connectivity index is 2.41. The van der Waals surface area contributed by atoms with Crippen LogP contribution in [0, 0.1) is 0 Å². The molecule has 2 aromatic rings. The maximum Gasteiger partial charge on any atom is 0.328 e. The monoisotopic (exact) mass is 304 g/mol. The van der Waals surface area contributed by atoms with Crippen LogP contribution in [0.25, 0.3) is 10.9 Å². The van der Waals surface area contributed by atoms with Gasteiger partial charge in [0.15, 0.2) is 0 Å². The van der Waals surface area contributed by atoms with Gasteiger partial charge in [0, 0.05) is 24.2 Å². The zero-order valence-electron chi connectivity index (χ0n) is 12.9. The molecule has 0 aliphatic rings. The Morgan fingerprint density at radius 1 is 1.36 bits per heavy atom. The largest absolute Gasteiger partial charge is 0.350 e. The molecule has 7 heteroatoms. The number of aromatic amines is 1. The molecule has 118 valence electrons. The van der Waals surface area contributed by atoms with E-state index < -0.39 is 11.2 Å². The van der Waals surface area contributed by atoms with Gasteiger partial charge >= 0.3 is 5.69 Å². The summed E-state index contributed by atoms with van der Waals surface area (Å²) in [6.07, 6.45) is 0. The van der Waals surface area contributed by atoms with Crippen LogP contribution in [0.2, 0.25) is 0 Å². The van der Waals surface area contributed by atoms with Crippen molar-refractivity contribution in [2.24, 2.45) is 5.73 Å². The van der Waals surface area contributed by atoms with Gasteiger partial charge in [-0.3, -0.25) is 14.2 Å². The lowest BCUT2D eigenvalue weighted by Gasteiger charge is -2.18. The number of amides is 1. The van der Waals surface area contributed by atoms with Gasteiger partial charge < -0.3 is 16.0 Å². The number of H-pyrrole nitrogens is 1. The molecule has 0 atom stereocenters. The summed E-state index contributed by atoms with van der Waals surface area (Å²) >= 11 is 0. The van der Waals surface area contributed by atoms with Crippen LogP contribution < -0.4 is 22.3 Å². The third-order valence-electron chi connectivity index (χ3n) is 3.26. The molecule has 0 fully saturated rings. The van der Waals surface area contributed by atoms with Crippen LogP contribution in [0.5, 0.6) is 0 Å². The standard InChI is InChI=1S/C15H20N4O3/c1-4-19-13(21)10-6-5-9(7-11(10)18-14(19)22)12(20)17-8-15(2,3)16/h5-7H,4,8,16H2,1-3H3,(H,17,20)(H,18,22). The van der Waals surface area contributed by atoms with E-state index in [2.05, 4.69) is 10.3 Å². The predicted octanol–water partition coefficient (Wildman–Crippen LogP) is 0.177. The Morgan fingerprint density at radius 2 is 2.05 bits per heavy atom. The van der Waals surface area contributed by atoms with Crippen molar-refractivity contribution in [2.75, 3.05) is 6.54 Å². The number of hydrogen-bond acceptors (Lipinski definition) is 4. The van der Waals surface area contributed by atoms with Crippen LogP contribution in [0.15, 0.2) is 27.8 Å². The van der Waals surface area contributed by atoms with Crippen LogP contribution in [-0.2, 0) is 6.54 Å². The second-order valence-electron chi connectivity index (χ2n) is 5.91. The van der Waals surface area contributed by atoms with Gasteiger partial charge in [0.25, 0.3) is 11.5 Å². The number of carbonyl (C=O) groups excluding carboxylic acids is 1. The number of nitrogens with two attached hydrogens (primary N) is 1. The maximum absolute atomic E-state index is 12.1. The molecular weight excluding hydrogens is 284 g/mol. The summed E-state index contributed by atoms with van der Waals surface area (Å²) < 4.78 is 1.11.